The van der Waals surface area contributed by atoms with Crippen LogP contribution in [-0.4, -0.2) is 4.98 Å². The molecule has 1 aromatic heterocycles. The van der Waals surface area contributed by atoms with Gasteiger partial charge in [0.15, 0.2) is 0 Å². The van der Waals surface area contributed by atoms with Crippen LogP contribution in [0.2, 0.25) is 0 Å². The molecule has 1 heteroatoms. The van der Waals surface area contributed by atoms with Gasteiger partial charge in [-0.25, -0.2) is 0 Å². The highest BCUT2D eigenvalue weighted by Gasteiger charge is 2.07. The van der Waals surface area contributed by atoms with Crippen LogP contribution in [0.1, 0.15) is 24.1 Å². The van der Waals surface area contributed by atoms with Gasteiger partial charge < -0.3 is 0 Å². The maximum Gasteiger partial charge on any atom is 0.0667 e. The average Bonchev–Trinajstić information content (AvgIpc) is 2.29. The molecule has 0 aliphatic heterocycles. The maximum absolute atomic E-state index is 4.30. The smallest absolute Gasteiger partial charge is 0.0667 e. The third-order valence-electron chi connectivity index (χ3n) is 2.13. The molecule has 2 rings (SSSR count). The minimum atomic E-state index is 0.476. The second-order valence-corrected chi connectivity index (χ2v) is 3.01. The van der Waals surface area contributed by atoms with Gasteiger partial charge in [0, 0.05) is 12.1 Å². The monoisotopic (exact) mass is 157 g/mol. The average molecular weight is 157 g/mol. The van der Waals surface area contributed by atoms with E-state index in [-0.39, 0.29) is 0 Å². The Morgan fingerprint density at radius 3 is 3.17 bits per heavy atom. The predicted octanol–water partition coefficient (Wildman–Crippen LogP) is 2.77. The second-order valence-electron chi connectivity index (χ2n) is 3.01. The van der Waals surface area contributed by atoms with Crippen molar-refractivity contribution in [2.24, 2.45) is 0 Å². The number of fused-ring (bicyclic) bond motifs is 1. The molecule has 0 aromatic carbocycles. The Morgan fingerprint density at radius 1 is 1.33 bits per heavy atom. The van der Waals surface area contributed by atoms with E-state index in [9.17, 15) is 0 Å². The van der Waals surface area contributed by atoms with E-state index >= 15 is 0 Å². The van der Waals surface area contributed by atoms with Crippen molar-refractivity contribution in [2.45, 2.75) is 12.8 Å². The molecule has 0 saturated carbocycles. The normalized spacial score (nSPS) is 20.2. The van der Waals surface area contributed by atoms with Gasteiger partial charge in [0.25, 0.3) is 0 Å². The van der Waals surface area contributed by atoms with Crippen LogP contribution in [0.5, 0.6) is 0 Å². The van der Waals surface area contributed by atoms with Gasteiger partial charge in [0.1, 0.15) is 0 Å². The molecule has 1 heterocycles. The molecule has 0 radical (unpaired) electrons. The van der Waals surface area contributed by atoms with Crippen molar-refractivity contribution in [1.29, 1.82) is 0 Å². The van der Waals surface area contributed by atoms with Crippen molar-refractivity contribution in [2.75, 3.05) is 0 Å². The number of hydrogen-bond donors (Lipinski definition) is 0. The molecule has 0 bridgehead atoms. The lowest BCUT2D eigenvalue weighted by Gasteiger charge is -2.07. The first-order valence-electron chi connectivity index (χ1n) is 4.18. The number of nitrogens with zero attached hydrogens (tertiary/aromatic N) is 1. The molecule has 1 aromatic rings. The van der Waals surface area contributed by atoms with Gasteiger partial charge in [0.05, 0.1) is 5.69 Å². The van der Waals surface area contributed by atoms with E-state index in [1.165, 1.54) is 5.56 Å². The quantitative estimate of drug-likeness (QED) is 0.564. The van der Waals surface area contributed by atoms with E-state index in [4.69, 9.17) is 0 Å². The Morgan fingerprint density at radius 2 is 2.25 bits per heavy atom. The van der Waals surface area contributed by atoms with E-state index in [2.05, 4.69) is 36.2 Å². The van der Waals surface area contributed by atoms with Crippen molar-refractivity contribution in [3.8, 4) is 0 Å². The molecule has 1 nitrogen and oxygen atoms in total. The highest BCUT2D eigenvalue weighted by molar-refractivity contribution is 5.54. The molecule has 12 heavy (non-hydrogen) atoms. The van der Waals surface area contributed by atoms with Crippen molar-refractivity contribution in [1.82, 2.24) is 4.98 Å². The van der Waals surface area contributed by atoms with Crippen molar-refractivity contribution in [3.63, 3.8) is 0 Å². The molecule has 1 aliphatic carbocycles. The fourth-order valence-corrected chi connectivity index (χ4v) is 1.44. The van der Waals surface area contributed by atoms with E-state index in [0.717, 1.165) is 5.69 Å². The number of aromatic nitrogens is 1. The lowest BCUT2D eigenvalue weighted by Crippen LogP contribution is -1.93. The van der Waals surface area contributed by atoms with Crippen molar-refractivity contribution in [3.05, 3.63) is 47.8 Å². The first kappa shape index (κ1) is 7.29. The number of allylic oxidation sites excluding steroid dienone is 3. The highest BCUT2D eigenvalue weighted by atomic mass is 14.7. The Bertz CT molecular complexity index is 337. The summed E-state index contributed by atoms with van der Waals surface area (Å²) in [6.07, 6.45) is 10.2. The van der Waals surface area contributed by atoms with Gasteiger partial charge in [0.2, 0.25) is 0 Å². The molecular formula is C11H11N. The summed E-state index contributed by atoms with van der Waals surface area (Å²) < 4.78 is 0. The van der Waals surface area contributed by atoms with Crippen LogP contribution in [0.3, 0.4) is 0 Å². The first-order chi connectivity index (χ1) is 5.88. The van der Waals surface area contributed by atoms with Crippen LogP contribution >= 0.6 is 0 Å². The van der Waals surface area contributed by atoms with Crippen LogP contribution in [0.4, 0.5) is 0 Å². The lowest BCUT2D eigenvalue weighted by atomic mass is 10.0. The summed E-state index contributed by atoms with van der Waals surface area (Å²) in [6, 6.07) is 4.12. The van der Waals surface area contributed by atoms with Crippen LogP contribution in [0, 0.1) is 0 Å². The second kappa shape index (κ2) is 2.94. The lowest BCUT2D eigenvalue weighted by molar-refractivity contribution is 0.950. The summed E-state index contributed by atoms with van der Waals surface area (Å²) in [5.74, 6) is 0.476. The maximum atomic E-state index is 4.30. The first-order valence-corrected chi connectivity index (χ1v) is 4.18. The predicted molar refractivity (Wildman–Crippen MR) is 50.8 cm³/mol. The zero-order chi connectivity index (χ0) is 8.39. The standard InChI is InChI=1S/C11H11N/c1-9-5-2-3-7-11-10(9)6-4-8-12-11/h2-9H,1H3/t9-/m0/s1. The summed E-state index contributed by atoms with van der Waals surface area (Å²) in [5, 5.41) is 0. The molecule has 0 amide bonds. The van der Waals surface area contributed by atoms with Gasteiger partial charge in [-0.1, -0.05) is 31.2 Å². The third-order valence-corrected chi connectivity index (χ3v) is 2.13. The summed E-state index contributed by atoms with van der Waals surface area (Å²) in [7, 11) is 0. The van der Waals surface area contributed by atoms with E-state index in [1.54, 1.807) is 0 Å². The Labute approximate surface area is 72.5 Å². The zero-order valence-electron chi connectivity index (χ0n) is 7.07. The minimum absolute atomic E-state index is 0.476. The summed E-state index contributed by atoms with van der Waals surface area (Å²) >= 11 is 0. The largest absolute Gasteiger partial charge is 0.257 e. The topological polar surface area (TPSA) is 12.9 Å². The molecule has 1 atom stereocenters. The highest BCUT2D eigenvalue weighted by Crippen LogP contribution is 2.22. The minimum Gasteiger partial charge on any atom is -0.257 e. The van der Waals surface area contributed by atoms with E-state index in [1.807, 2.05) is 18.3 Å². The zero-order valence-corrected chi connectivity index (χ0v) is 7.07. The summed E-state index contributed by atoms with van der Waals surface area (Å²) in [6.45, 7) is 2.18. The molecule has 0 saturated heterocycles. The fourth-order valence-electron chi connectivity index (χ4n) is 1.44. The summed E-state index contributed by atoms with van der Waals surface area (Å²) in [4.78, 5) is 4.30. The Balaban J connectivity index is 2.56. The molecular weight excluding hydrogens is 146 g/mol. The van der Waals surface area contributed by atoms with E-state index < -0.39 is 0 Å². The van der Waals surface area contributed by atoms with Gasteiger partial charge in [-0.05, 0) is 17.7 Å². The number of pyridine rings is 1. The molecule has 0 spiro atoms. The van der Waals surface area contributed by atoms with Crippen LogP contribution < -0.4 is 0 Å². The Hall–Kier alpha value is -1.37. The fraction of sp³-hybridized carbons (Fsp3) is 0.182. The van der Waals surface area contributed by atoms with Gasteiger partial charge >= 0.3 is 0 Å². The molecule has 0 unspecified atom stereocenters. The van der Waals surface area contributed by atoms with Crippen LogP contribution in [0.25, 0.3) is 6.08 Å². The van der Waals surface area contributed by atoms with Gasteiger partial charge in [-0.2, -0.15) is 0 Å². The SMILES string of the molecule is C[C@H]1C=CC=Cc2ncccc21. The van der Waals surface area contributed by atoms with Gasteiger partial charge in [-0.15, -0.1) is 0 Å². The Kier molecular flexibility index (Phi) is 1.78. The molecule has 60 valence electrons. The van der Waals surface area contributed by atoms with Crippen LogP contribution in [-0.2, 0) is 0 Å². The summed E-state index contributed by atoms with van der Waals surface area (Å²) in [5.41, 5.74) is 2.40. The van der Waals surface area contributed by atoms with Crippen LogP contribution in [0.15, 0.2) is 36.6 Å². The van der Waals surface area contributed by atoms with Crippen molar-refractivity contribution >= 4 is 6.08 Å². The number of hydrogen-bond acceptors (Lipinski definition) is 1. The van der Waals surface area contributed by atoms with Gasteiger partial charge in [-0.3, -0.25) is 4.98 Å². The third kappa shape index (κ3) is 1.18. The van der Waals surface area contributed by atoms with E-state index in [0.29, 0.717) is 5.92 Å². The molecule has 1 aliphatic rings. The number of rotatable bonds is 0. The molecule has 0 N–H and O–H groups in total. The van der Waals surface area contributed by atoms with Crippen molar-refractivity contribution < 1.29 is 0 Å². The molecule has 0 fully saturated rings.